The summed E-state index contributed by atoms with van der Waals surface area (Å²) >= 11 is 0. The molecule has 1 aromatic heterocycles. The SMILES string of the molecule is CCCCOc1cc(C(F)(F)F)cc(N)n1. The van der Waals surface area contributed by atoms with E-state index in [1.807, 2.05) is 6.92 Å². The molecule has 0 saturated heterocycles. The van der Waals surface area contributed by atoms with E-state index in [1.165, 1.54) is 0 Å². The van der Waals surface area contributed by atoms with Crippen molar-refractivity contribution in [2.24, 2.45) is 0 Å². The number of hydrogen-bond donors (Lipinski definition) is 1. The number of nitrogens with two attached hydrogens (primary N) is 1. The number of aromatic nitrogens is 1. The van der Waals surface area contributed by atoms with Crippen LogP contribution in [0.25, 0.3) is 0 Å². The molecule has 0 saturated carbocycles. The number of pyridine rings is 1. The first-order chi connectivity index (χ1) is 7.43. The molecule has 3 nitrogen and oxygen atoms in total. The van der Waals surface area contributed by atoms with Gasteiger partial charge in [0.1, 0.15) is 5.82 Å². The maximum atomic E-state index is 12.4. The fourth-order valence-electron chi connectivity index (χ4n) is 1.08. The van der Waals surface area contributed by atoms with E-state index in [0.717, 1.165) is 25.0 Å². The summed E-state index contributed by atoms with van der Waals surface area (Å²) in [5.74, 6) is -0.276. The Morgan fingerprint density at radius 2 is 2.06 bits per heavy atom. The van der Waals surface area contributed by atoms with Crippen LogP contribution in [0, 0.1) is 0 Å². The summed E-state index contributed by atoms with van der Waals surface area (Å²) in [6, 6.07) is 1.64. The molecule has 0 atom stereocenters. The first-order valence-corrected chi connectivity index (χ1v) is 4.91. The van der Waals surface area contributed by atoms with E-state index in [0.29, 0.717) is 6.61 Å². The quantitative estimate of drug-likeness (QED) is 0.815. The molecule has 0 aliphatic rings. The summed E-state index contributed by atoms with van der Waals surface area (Å²) in [6.07, 6.45) is -2.77. The van der Waals surface area contributed by atoms with Crippen LogP contribution in [0.3, 0.4) is 0 Å². The first kappa shape index (κ1) is 12.6. The molecule has 0 bridgehead atoms. The van der Waals surface area contributed by atoms with Crippen molar-refractivity contribution in [2.75, 3.05) is 12.3 Å². The lowest BCUT2D eigenvalue weighted by molar-refractivity contribution is -0.137. The molecule has 1 rings (SSSR count). The van der Waals surface area contributed by atoms with Gasteiger partial charge >= 0.3 is 6.18 Å². The van der Waals surface area contributed by atoms with E-state index in [-0.39, 0.29) is 11.7 Å². The molecule has 2 N–H and O–H groups in total. The van der Waals surface area contributed by atoms with Gasteiger partial charge in [-0.05, 0) is 12.5 Å². The van der Waals surface area contributed by atoms with E-state index in [1.54, 1.807) is 0 Å². The number of anilines is 1. The van der Waals surface area contributed by atoms with Crippen molar-refractivity contribution >= 4 is 5.82 Å². The number of rotatable bonds is 4. The summed E-state index contributed by atoms with van der Waals surface area (Å²) in [5.41, 5.74) is 4.43. The second-order valence-corrected chi connectivity index (χ2v) is 3.32. The zero-order valence-corrected chi connectivity index (χ0v) is 8.84. The summed E-state index contributed by atoms with van der Waals surface area (Å²) in [4.78, 5) is 3.67. The fourth-order valence-corrected chi connectivity index (χ4v) is 1.08. The van der Waals surface area contributed by atoms with Gasteiger partial charge in [-0.3, -0.25) is 0 Å². The van der Waals surface area contributed by atoms with Crippen LogP contribution >= 0.6 is 0 Å². The fraction of sp³-hybridized carbons (Fsp3) is 0.500. The van der Waals surface area contributed by atoms with Gasteiger partial charge in [-0.15, -0.1) is 0 Å². The smallest absolute Gasteiger partial charge is 0.416 e. The molecule has 0 fully saturated rings. The Bertz CT molecular complexity index is 352. The highest BCUT2D eigenvalue weighted by Crippen LogP contribution is 2.31. The highest BCUT2D eigenvalue weighted by Gasteiger charge is 2.31. The van der Waals surface area contributed by atoms with Crippen molar-refractivity contribution in [3.63, 3.8) is 0 Å². The van der Waals surface area contributed by atoms with E-state index in [9.17, 15) is 13.2 Å². The highest BCUT2D eigenvalue weighted by atomic mass is 19.4. The molecule has 0 amide bonds. The molecule has 16 heavy (non-hydrogen) atoms. The van der Waals surface area contributed by atoms with Gasteiger partial charge in [-0.1, -0.05) is 13.3 Å². The second kappa shape index (κ2) is 5.05. The largest absolute Gasteiger partial charge is 0.478 e. The maximum absolute atomic E-state index is 12.4. The maximum Gasteiger partial charge on any atom is 0.416 e. The monoisotopic (exact) mass is 234 g/mol. The van der Waals surface area contributed by atoms with Crippen molar-refractivity contribution in [2.45, 2.75) is 25.9 Å². The van der Waals surface area contributed by atoms with Crippen molar-refractivity contribution < 1.29 is 17.9 Å². The topological polar surface area (TPSA) is 48.1 Å². The molecular formula is C10H13F3N2O. The third-order valence-electron chi connectivity index (χ3n) is 1.90. The standard InChI is InChI=1S/C10H13F3N2O/c1-2-3-4-16-9-6-7(10(11,12)13)5-8(14)15-9/h5-6H,2-4H2,1H3,(H2,14,15). The van der Waals surface area contributed by atoms with Gasteiger partial charge in [0.2, 0.25) is 5.88 Å². The summed E-state index contributed by atoms with van der Waals surface area (Å²) in [6.45, 7) is 2.29. The highest BCUT2D eigenvalue weighted by molar-refractivity contribution is 5.38. The van der Waals surface area contributed by atoms with Crippen LogP contribution in [0.15, 0.2) is 12.1 Å². The van der Waals surface area contributed by atoms with Gasteiger partial charge in [0.25, 0.3) is 0 Å². The molecule has 0 radical (unpaired) electrons. The summed E-state index contributed by atoms with van der Waals surface area (Å²) in [5, 5.41) is 0. The van der Waals surface area contributed by atoms with Crippen LogP contribution < -0.4 is 10.5 Å². The molecule has 1 heterocycles. The van der Waals surface area contributed by atoms with Gasteiger partial charge in [0.05, 0.1) is 12.2 Å². The molecule has 6 heteroatoms. The van der Waals surface area contributed by atoms with E-state index in [2.05, 4.69) is 4.98 Å². The lowest BCUT2D eigenvalue weighted by Gasteiger charge is -2.10. The Morgan fingerprint density at radius 3 is 2.62 bits per heavy atom. The van der Waals surface area contributed by atoms with E-state index in [4.69, 9.17) is 10.5 Å². The van der Waals surface area contributed by atoms with Crippen molar-refractivity contribution in [1.29, 1.82) is 0 Å². The van der Waals surface area contributed by atoms with Gasteiger partial charge in [0.15, 0.2) is 0 Å². The lowest BCUT2D eigenvalue weighted by Crippen LogP contribution is -2.08. The first-order valence-electron chi connectivity index (χ1n) is 4.91. The zero-order chi connectivity index (χ0) is 12.2. The molecular weight excluding hydrogens is 221 g/mol. The Labute approximate surface area is 91.4 Å². The number of alkyl halides is 3. The molecule has 0 aliphatic carbocycles. The number of nitrogen functional groups attached to an aromatic ring is 1. The Hall–Kier alpha value is -1.46. The van der Waals surface area contributed by atoms with Crippen LogP contribution in [0.1, 0.15) is 25.3 Å². The zero-order valence-electron chi connectivity index (χ0n) is 8.84. The minimum Gasteiger partial charge on any atom is -0.478 e. The number of unbranched alkanes of at least 4 members (excludes halogenated alkanes) is 1. The molecule has 90 valence electrons. The third kappa shape index (κ3) is 3.60. The van der Waals surface area contributed by atoms with Gasteiger partial charge < -0.3 is 10.5 Å². The predicted molar refractivity (Wildman–Crippen MR) is 54.1 cm³/mol. The number of ether oxygens (including phenoxy) is 1. The number of halogens is 3. The van der Waals surface area contributed by atoms with E-state index >= 15 is 0 Å². The van der Waals surface area contributed by atoms with Crippen LogP contribution in [0.5, 0.6) is 5.88 Å². The minimum atomic E-state index is -4.43. The molecule has 1 aromatic rings. The second-order valence-electron chi connectivity index (χ2n) is 3.32. The molecule has 0 unspecified atom stereocenters. The van der Waals surface area contributed by atoms with Crippen molar-refractivity contribution in [3.05, 3.63) is 17.7 Å². The Balaban J connectivity index is 2.82. The van der Waals surface area contributed by atoms with Crippen LogP contribution in [-0.4, -0.2) is 11.6 Å². The lowest BCUT2D eigenvalue weighted by atomic mass is 10.2. The normalized spacial score (nSPS) is 11.5. The summed E-state index contributed by atoms with van der Waals surface area (Å²) in [7, 11) is 0. The number of hydrogen-bond acceptors (Lipinski definition) is 3. The van der Waals surface area contributed by atoms with Gasteiger partial charge in [-0.25, -0.2) is 0 Å². The van der Waals surface area contributed by atoms with Gasteiger partial charge in [-0.2, -0.15) is 18.2 Å². The predicted octanol–water partition coefficient (Wildman–Crippen LogP) is 2.86. The Morgan fingerprint density at radius 1 is 1.38 bits per heavy atom. The molecule has 0 aromatic carbocycles. The van der Waals surface area contributed by atoms with Crippen molar-refractivity contribution in [1.82, 2.24) is 4.98 Å². The third-order valence-corrected chi connectivity index (χ3v) is 1.90. The minimum absolute atomic E-state index is 0.0826. The van der Waals surface area contributed by atoms with E-state index < -0.39 is 11.7 Å². The van der Waals surface area contributed by atoms with Crippen molar-refractivity contribution in [3.8, 4) is 5.88 Å². The average molecular weight is 234 g/mol. The Kier molecular flexibility index (Phi) is 3.98. The number of nitrogens with zero attached hydrogens (tertiary/aromatic N) is 1. The van der Waals surface area contributed by atoms with Crippen LogP contribution in [0.2, 0.25) is 0 Å². The average Bonchev–Trinajstić information content (AvgIpc) is 2.16. The van der Waals surface area contributed by atoms with Crippen LogP contribution in [-0.2, 0) is 6.18 Å². The van der Waals surface area contributed by atoms with Crippen LogP contribution in [0.4, 0.5) is 19.0 Å². The van der Waals surface area contributed by atoms with Gasteiger partial charge in [0, 0.05) is 6.07 Å². The summed E-state index contributed by atoms with van der Waals surface area (Å²) < 4.78 is 42.3. The molecule has 0 spiro atoms. The molecule has 0 aliphatic heterocycles.